The Kier molecular flexibility index (Phi) is 6.11. The standard InChI is InChI=1S/C17H22ClN5O3S/c1-27(25,26)15-9-14(18)10-20-17(15)13-4-7-22(8-5-13)16(24)3-2-6-23-12-19-11-21-23/h9-13H,2-8H2,1H3. The molecule has 0 bridgehead atoms. The number of rotatable bonds is 6. The molecular formula is C17H22ClN5O3S. The van der Waals surface area contributed by atoms with Crippen LogP contribution < -0.4 is 0 Å². The first-order valence-corrected chi connectivity index (χ1v) is 11.1. The lowest BCUT2D eigenvalue weighted by Gasteiger charge is -2.32. The second kappa shape index (κ2) is 8.35. The number of carbonyl (C=O) groups excluding carboxylic acids is 1. The molecule has 0 aromatic carbocycles. The van der Waals surface area contributed by atoms with Crippen molar-refractivity contribution in [2.75, 3.05) is 19.3 Å². The molecule has 1 saturated heterocycles. The number of halogens is 1. The van der Waals surface area contributed by atoms with E-state index in [9.17, 15) is 13.2 Å². The van der Waals surface area contributed by atoms with Crippen LogP contribution in [0.2, 0.25) is 5.02 Å². The van der Waals surface area contributed by atoms with E-state index in [4.69, 9.17) is 11.6 Å². The number of carbonyl (C=O) groups is 1. The van der Waals surface area contributed by atoms with E-state index >= 15 is 0 Å². The van der Waals surface area contributed by atoms with E-state index in [1.807, 2.05) is 4.90 Å². The topological polar surface area (TPSA) is 98.1 Å². The quantitative estimate of drug-likeness (QED) is 0.720. The predicted molar refractivity (Wildman–Crippen MR) is 100 cm³/mol. The van der Waals surface area contributed by atoms with Crippen molar-refractivity contribution in [1.29, 1.82) is 0 Å². The Hall–Kier alpha value is -2.00. The van der Waals surface area contributed by atoms with Gasteiger partial charge in [-0.1, -0.05) is 11.6 Å². The van der Waals surface area contributed by atoms with Gasteiger partial charge in [0.25, 0.3) is 0 Å². The minimum atomic E-state index is -3.41. The van der Waals surface area contributed by atoms with Gasteiger partial charge in [-0.2, -0.15) is 5.10 Å². The third kappa shape index (κ3) is 5.04. The van der Waals surface area contributed by atoms with E-state index in [1.54, 1.807) is 11.0 Å². The minimum Gasteiger partial charge on any atom is -0.343 e. The molecule has 0 spiro atoms. The van der Waals surface area contributed by atoms with Gasteiger partial charge < -0.3 is 4.90 Å². The molecular weight excluding hydrogens is 390 g/mol. The number of sulfone groups is 1. The van der Waals surface area contributed by atoms with Crippen molar-refractivity contribution in [2.45, 2.75) is 43.0 Å². The average molecular weight is 412 g/mol. The highest BCUT2D eigenvalue weighted by molar-refractivity contribution is 7.90. The summed E-state index contributed by atoms with van der Waals surface area (Å²) in [5.74, 6) is 0.118. The second-order valence-electron chi connectivity index (χ2n) is 6.73. The van der Waals surface area contributed by atoms with Crippen molar-refractivity contribution in [1.82, 2.24) is 24.6 Å². The Morgan fingerprint density at radius 3 is 2.70 bits per heavy atom. The highest BCUT2D eigenvalue weighted by atomic mass is 35.5. The summed E-state index contributed by atoms with van der Waals surface area (Å²) >= 11 is 5.92. The zero-order valence-electron chi connectivity index (χ0n) is 15.1. The van der Waals surface area contributed by atoms with E-state index in [0.717, 1.165) is 6.26 Å². The first kappa shape index (κ1) is 19.8. The number of aryl methyl sites for hydroxylation is 1. The van der Waals surface area contributed by atoms with Crippen LogP contribution in [0.15, 0.2) is 29.8 Å². The van der Waals surface area contributed by atoms with Gasteiger partial charge in [0.15, 0.2) is 9.84 Å². The Balaban J connectivity index is 1.57. The van der Waals surface area contributed by atoms with Crippen LogP contribution in [0.3, 0.4) is 0 Å². The first-order valence-electron chi connectivity index (χ1n) is 8.80. The summed E-state index contributed by atoms with van der Waals surface area (Å²) in [5.41, 5.74) is 0.556. The number of hydrogen-bond acceptors (Lipinski definition) is 6. The van der Waals surface area contributed by atoms with Gasteiger partial charge in [-0.05, 0) is 25.3 Å². The van der Waals surface area contributed by atoms with E-state index in [-0.39, 0.29) is 16.7 Å². The Bertz CT molecular complexity index is 893. The monoisotopic (exact) mass is 411 g/mol. The van der Waals surface area contributed by atoms with E-state index in [2.05, 4.69) is 15.1 Å². The van der Waals surface area contributed by atoms with Gasteiger partial charge in [-0.15, -0.1) is 0 Å². The summed E-state index contributed by atoms with van der Waals surface area (Å²) in [5, 5.41) is 4.32. The smallest absolute Gasteiger partial charge is 0.222 e. The van der Waals surface area contributed by atoms with Crippen LogP contribution in [-0.2, 0) is 21.2 Å². The summed E-state index contributed by atoms with van der Waals surface area (Å²) < 4.78 is 25.8. The maximum atomic E-state index is 12.4. The summed E-state index contributed by atoms with van der Waals surface area (Å²) in [6, 6.07) is 1.46. The molecule has 1 fully saturated rings. The molecule has 3 rings (SSSR count). The van der Waals surface area contributed by atoms with Crippen LogP contribution in [0, 0.1) is 0 Å². The summed E-state index contributed by atoms with van der Waals surface area (Å²) in [4.78, 5) is 22.6. The van der Waals surface area contributed by atoms with Gasteiger partial charge in [0.05, 0.1) is 15.6 Å². The molecule has 2 aromatic heterocycles. The molecule has 27 heavy (non-hydrogen) atoms. The van der Waals surface area contributed by atoms with Crippen LogP contribution in [0.4, 0.5) is 0 Å². The zero-order chi connectivity index (χ0) is 19.4. The lowest BCUT2D eigenvalue weighted by molar-refractivity contribution is -0.132. The van der Waals surface area contributed by atoms with Crippen molar-refractivity contribution in [3.8, 4) is 0 Å². The highest BCUT2D eigenvalue weighted by Gasteiger charge is 2.28. The number of aromatic nitrogens is 4. The zero-order valence-corrected chi connectivity index (χ0v) is 16.7. The van der Waals surface area contributed by atoms with E-state index < -0.39 is 9.84 Å². The van der Waals surface area contributed by atoms with Gasteiger partial charge in [-0.25, -0.2) is 13.4 Å². The van der Waals surface area contributed by atoms with Gasteiger partial charge in [0.1, 0.15) is 12.7 Å². The predicted octanol–water partition coefficient (Wildman–Crippen LogP) is 1.92. The van der Waals surface area contributed by atoms with Crippen molar-refractivity contribution >= 4 is 27.3 Å². The maximum absolute atomic E-state index is 12.4. The van der Waals surface area contributed by atoms with Crippen LogP contribution >= 0.6 is 11.6 Å². The maximum Gasteiger partial charge on any atom is 0.222 e. The lowest BCUT2D eigenvalue weighted by Crippen LogP contribution is -2.38. The number of nitrogens with zero attached hydrogens (tertiary/aromatic N) is 5. The lowest BCUT2D eigenvalue weighted by atomic mass is 9.92. The second-order valence-corrected chi connectivity index (χ2v) is 9.15. The normalized spacial score (nSPS) is 15.9. The molecule has 3 heterocycles. The van der Waals surface area contributed by atoms with Gasteiger partial charge in [-0.3, -0.25) is 14.5 Å². The fourth-order valence-corrected chi connectivity index (χ4v) is 4.50. The molecule has 146 valence electrons. The largest absolute Gasteiger partial charge is 0.343 e. The molecule has 0 aliphatic carbocycles. The molecule has 0 saturated carbocycles. The Labute approximate surface area is 163 Å². The number of amides is 1. The van der Waals surface area contributed by atoms with Gasteiger partial charge in [0, 0.05) is 44.4 Å². The average Bonchev–Trinajstić information content (AvgIpc) is 3.14. The van der Waals surface area contributed by atoms with E-state index in [0.29, 0.717) is 56.0 Å². The van der Waals surface area contributed by atoms with Crippen LogP contribution in [0.5, 0.6) is 0 Å². The molecule has 0 atom stereocenters. The third-order valence-electron chi connectivity index (χ3n) is 4.73. The first-order chi connectivity index (χ1) is 12.8. The SMILES string of the molecule is CS(=O)(=O)c1cc(Cl)cnc1C1CCN(C(=O)CCCn2cncn2)CC1. The molecule has 10 heteroatoms. The van der Waals surface area contributed by atoms with Crippen molar-refractivity contribution in [3.63, 3.8) is 0 Å². The summed E-state index contributed by atoms with van der Waals surface area (Å²) in [7, 11) is -3.41. The summed E-state index contributed by atoms with van der Waals surface area (Å²) in [6.07, 6.45) is 8.29. The van der Waals surface area contributed by atoms with Crippen LogP contribution in [0.25, 0.3) is 0 Å². The Morgan fingerprint density at radius 2 is 2.07 bits per heavy atom. The van der Waals surface area contributed by atoms with Crippen molar-refractivity contribution in [2.24, 2.45) is 0 Å². The molecule has 1 amide bonds. The van der Waals surface area contributed by atoms with Crippen molar-refractivity contribution < 1.29 is 13.2 Å². The summed E-state index contributed by atoms with van der Waals surface area (Å²) in [6.45, 7) is 1.86. The molecule has 2 aromatic rings. The molecule has 0 radical (unpaired) electrons. The number of likely N-dealkylation sites (tertiary alicyclic amines) is 1. The number of pyridine rings is 1. The third-order valence-corrected chi connectivity index (χ3v) is 6.06. The number of piperidine rings is 1. The van der Waals surface area contributed by atoms with E-state index in [1.165, 1.54) is 18.6 Å². The van der Waals surface area contributed by atoms with Crippen LogP contribution in [0.1, 0.15) is 37.3 Å². The highest BCUT2D eigenvalue weighted by Crippen LogP contribution is 2.32. The molecule has 1 aliphatic rings. The molecule has 8 nitrogen and oxygen atoms in total. The molecule has 0 unspecified atom stereocenters. The molecule has 1 aliphatic heterocycles. The van der Waals surface area contributed by atoms with Gasteiger partial charge in [0.2, 0.25) is 5.91 Å². The minimum absolute atomic E-state index is 0.00573. The fourth-order valence-electron chi connectivity index (χ4n) is 3.34. The van der Waals surface area contributed by atoms with Crippen LogP contribution in [-0.4, -0.2) is 58.3 Å². The number of hydrogen-bond donors (Lipinski definition) is 0. The Morgan fingerprint density at radius 1 is 1.33 bits per heavy atom. The van der Waals surface area contributed by atoms with Gasteiger partial charge >= 0.3 is 0 Å². The fraction of sp³-hybridized carbons (Fsp3) is 0.529. The molecule has 0 N–H and O–H groups in total. The van der Waals surface area contributed by atoms with Crippen molar-refractivity contribution in [3.05, 3.63) is 35.6 Å².